The molecule has 0 bridgehead atoms. The van der Waals surface area contributed by atoms with Gasteiger partial charge in [-0.3, -0.25) is 9.59 Å². The van der Waals surface area contributed by atoms with Crippen molar-refractivity contribution in [1.29, 1.82) is 0 Å². The number of anilines is 2. The van der Waals surface area contributed by atoms with Crippen molar-refractivity contribution in [1.82, 2.24) is 0 Å². The highest BCUT2D eigenvalue weighted by atomic mass is 79.9. The summed E-state index contributed by atoms with van der Waals surface area (Å²) in [5.41, 5.74) is 0.880. The highest BCUT2D eigenvalue weighted by molar-refractivity contribution is 9.10. The van der Waals surface area contributed by atoms with Crippen LogP contribution in [0.25, 0.3) is 0 Å². The average molecular weight is 453 g/mol. The summed E-state index contributed by atoms with van der Waals surface area (Å²) in [7, 11) is -3.76. The van der Waals surface area contributed by atoms with Crippen molar-refractivity contribution in [3.05, 3.63) is 46.9 Å². The Kier molecular flexibility index (Phi) is 5.52. The average Bonchev–Trinajstić information content (AvgIpc) is 2.60. The van der Waals surface area contributed by atoms with Gasteiger partial charge in [-0.15, -0.1) is 0 Å². The maximum absolute atomic E-state index is 12.8. The molecule has 2 amide bonds. The van der Waals surface area contributed by atoms with Gasteiger partial charge in [0.05, 0.1) is 15.8 Å². The summed E-state index contributed by atoms with van der Waals surface area (Å²) < 4.78 is 31.6. The molecule has 0 saturated heterocycles. The maximum Gasteiger partial charge on any atom is 0.262 e. The summed E-state index contributed by atoms with van der Waals surface area (Å²) in [5.74, 6) is -0.342. The molecule has 0 fully saturated rings. The Morgan fingerprint density at radius 3 is 2.81 bits per heavy atom. The number of hydrogen-bond donors (Lipinski definition) is 2. The minimum Gasteiger partial charge on any atom is -0.482 e. The number of benzene rings is 2. The molecule has 2 N–H and O–H groups in total. The number of carbonyl (C=O) groups is 2. The highest BCUT2D eigenvalue weighted by Gasteiger charge is 2.27. The van der Waals surface area contributed by atoms with Crippen LogP contribution in [0, 0.1) is 0 Å². The van der Waals surface area contributed by atoms with E-state index >= 15 is 0 Å². The van der Waals surface area contributed by atoms with Gasteiger partial charge in [0, 0.05) is 16.6 Å². The van der Waals surface area contributed by atoms with Gasteiger partial charge in [-0.05, 0) is 43.3 Å². The molecule has 1 aliphatic heterocycles. The summed E-state index contributed by atoms with van der Waals surface area (Å²) in [6, 6.07) is 11.3. The standard InChI is InChI=1S/C18H17BrN2O5S/c1-11(7-17(22)20-13-4-2-3-12(19)8-13)27(24,25)14-5-6-16-15(9-14)21-18(23)10-26-16/h2-6,8-9,11H,7,10H2,1H3,(H,20,22)(H,21,23)/t11-/m1/s1. The number of nitrogens with one attached hydrogen (secondary N) is 2. The number of sulfone groups is 1. The van der Waals surface area contributed by atoms with Crippen LogP contribution in [0.3, 0.4) is 0 Å². The first-order valence-corrected chi connectivity index (χ1v) is 10.5. The fourth-order valence-corrected chi connectivity index (χ4v) is 4.40. The zero-order valence-corrected chi connectivity index (χ0v) is 16.8. The van der Waals surface area contributed by atoms with Gasteiger partial charge in [0.15, 0.2) is 16.4 Å². The molecule has 0 aliphatic carbocycles. The van der Waals surface area contributed by atoms with E-state index < -0.39 is 21.0 Å². The lowest BCUT2D eigenvalue weighted by Crippen LogP contribution is -2.27. The van der Waals surface area contributed by atoms with E-state index in [1.807, 2.05) is 6.07 Å². The molecule has 1 atom stereocenters. The van der Waals surface area contributed by atoms with Crippen molar-refractivity contribution in [3.63, 3.8) is 0 Å². The fraction of sp³-hybridized carbons (Fsp3) is 0.222. The van der Waals surface area contributed by atoms with Crippen molar-refractivity contribution >= 4 is 49.0 Å². The second kappa shape index (κ2) is 7.69. The largest absolute Gasteiger partial charge is 0.482 e. The zero-order chi connectivity index (χ0) is 19.6. The number of rotatable bonds is 5. The van der Waals surface area contributed by atoms with Crippen molar-refractivity contribution in [2.45, 2.75) is 23.5 Å². The molecule has 0 aromatic heterocycles. The SMILES string of the molecule is C[C@H](CC(=O)Nc1cccc(Br)c1)S(=O)(=O)c1ccc2c(c1)NC(=O)CO2. The second-order valence-corrected chi connectivity index (χ2v) is 9.39. The van der Waals surface area contributed by atoms with E-state index in [0.717, 1.165) is 4.47 Å². The molecular weight excluding hydrogens is 436 g/mol. The molecular formula is C18H17BrN2O5S. The van der Waals surface area contributed by atoms with E-state index in [-0.39, 0.29) is 23.8 Å². The molecule has 9 heteroatoms. The van der Waals surface area contributed by atoms with Crippen molar-refractivity contribution in [2.24, 2.45) is 0 Å². The van der Waals surface area contributed by atoms with E-state index in [2.05, 4.69) is 26.6 Å². The smallest absolute Gasteiger partial charge is 0.262 e. The summed E-state index contributed by atoms with van der Waals surface area (Å²) >= 11 is 3.31. The van der Waals surface area contributed by atoms with Crippen LogP contribution in [-0.4, -0.2) is 32.1 Å². The Bertz CT molecular complexity index is 1010. The lowest BCUT2D eigenvalue weighted by molar-refractivity contribution is -0.118. The molecule has 3 rings (SSSR count). The van der Waals surface area contributed by atoms with Gasteiger partial charge in [0.2, 0.25) is 5.91 Å². The van der Waals surface area contributed by atoms with E-state index in [1.165, 1.54) is 25.1 Å². The van der Waals surface area contributed by atoms with Gasteiger partial charge in [0.25, 0.3) is 5.91 Å². The highest BCUT2D eigenvalue weighted by Crippen LogP contribution is 2.31. The van der Waals surface area contributed by atoms with Gasteiger partial charge in [-0.2, -0.15) is 0 Å². The van der Waals surface area contributed by atoms with Crippen molar-refractivity contribution in [2.75, 3.05) is 17.2 Å². The Hall–Kier alpha value is -2.39. The van der Waals surface area contributed by atoms with Gasteiger partial charge < -0.3 is 15.4 Å². The Labute approximate surface area is 165 Å². The molecule has 7 nitrogen and oxygen atoms in total. The third-order valence-electron chi connectivity index (χ3n) is 4.02. The lowest BCUT2D eigenvalue weighted by atomic mass is 10.2. The van der Waals surface area contributed by atoms with Crippen LogP contribution in [0.15, 0.2) is 51.8 Å². The number of ether oxygens (including phenoxy) is 1. The minimum absolute atomic E-state index is 0.0230. The summed E-state index contributed by atoms with van der Waals surface area (Å²) in [6.45, 7) is 1.37. The van der Waals surface area contributed by atoms with Crippen LogP contribution < -0.4 is 15.4 Å². The number of amides is 2. The van der Waals surface area contributed by atoms with Gasteiger partial charge >= 0.3 is 0 Å². The van der Waals surface area contributed by atoms with Gasteiger partial charge in [-0.25, -0.2) is 8.42 Å². The molecule has 0 unspecified atom stereocenters. The maximum atomic E-state index is 12.8. The van der Waals surface area contributed by atoms with Crippen LogP contribution in [0.4, 0.5) is 11.4 Å². The first kappa shape index (κ1) is 19.4. The molecule has 0 radical (unpaired) electrons. The molecule has 2 aromatic rings. The first-order chi connectivity index (χ1) is 12.8. The molecule has 1 aliphatic rings. The summed E-state index contributed by atoms with van der Waals surface area (Å²) in [6.07, 6.45) is -0.200. The molecule has 142 valence electrons. The monoisotopic (exact) mass is 452 g/mol. The van der Waals surface area contributed by atoms with Crippen molar-refractivity contribution < 1.29 is 22.7 Å². The molecule has 27 heavy (non-hydrogen) atoms. The topological polar surface area (TPSA) is 102 Å². The number of carbonyl (C=O) groups excluding carboxylic acids is 2. The first-order valence-electron chi connectivity index (χ1n) is 8.12. The number of halogens is 1. The molecule has 0 spiro atoms. The summed E-state index contributed by atoms with van der Waals surface area (Å²) in [5, 5.41) is 4.32. The predicted molar refractivity (Wildman–Crippen MR) is 105 cm³/mol. The van der Waals surface area contributed by atoms with Crippen LogP contribution >= 0.6 is 15.9 Å². The van der Waals surface area contributed by atoms with Crippen molar-refractivity contribution in [3.8, 4) is 5.75 Å². The van der Waals surface area contributed by atoms with Crippen LogP contribution in [0.2, 0.25) is 0 Å². The van der Waals surface area contributed by atoms with E-state index in [4.69, 9.17) is 4.74 Å². The molecule has 2 aromatic carbocycles. The molecule has 0 saturated carbocycles. The Morgan fingerprint density at radius 2 is 2.07 bits per heavy atom. The summed E-state index contributed by atoms with van der Waals surface area (Å²) in [4.78, 5) is 23.7. The normalized spacial score (nSPS) is 14.5. The minimum atomic E-state index is -3.76. The van der Waals surface area contributed by atoms with Gasteiger partial charge in [-0.1, -0.05) is 22.0 Å². The third-order valence-corrected chi connectivity index (χ3v) is 6.65. The van der Waals surface area contributed by atoms with E-state index in [9.17, 15) is 18.0 Å². The Morgan fingerprint density at radius 1 is 1.30 bits per heavy atom. The fourth-order valence-electron chi connectivity index (χ4n) is 2.62. The quantitative estimate of drug-likeness (QED) is 0.725. The van der Waals surface area contributed by atoms with Crippen LogP contribution in [0.1, 0.15) is 13.3 Å². The van der Waals surface area contributed by atoms with Crippen LogP contribution in [-0.2, 0) is 19.4 Å². The van der Waals surface area contributed by atoms with Gasteiger partial charge in [0.1, 0.15) is 5.75 Å². The van der Waals surface area contributed by atoms with E-state index in [1.54, 1.807) is 18.2 Å². The zero-order valence-electron chi connectivity index (χ0n) is 14.4. The van der Waals surface area contributed by atoms with Crippen LogP contribution in [0.5, 0.6) is 5.75 Å². The Balaban J connectivity index is 1.73. The molecule has 1 heterocycles. The predicted octanol–water partition coefficient (Wildman–Crippen LogP) is 2.97. The second-order valence-electron chi connectivity index (χ2n) is 6.11. The third kappa shape index (κ3) is 4.48. The van der Waals surface area contributed by atoms with E-state index in [0.29, 0.717) is 17.1 Å². The number of hydrogen-bond acceptors (Lipinski definition) is 5. The number of fused-ring (bicyclic) bond motifs is 1. The lowest BCUT2D eigenvalue weighted by Gasteiger charge is -2.19.